The topological polar surface area (TPSA) is 18.5 Å². The van der Waals surface area contributed by atoms with Crippen LogP contribution in [0.4, 0.5) is 0 Å². The first kappa shape index (κ1) is 11.3. The molecule has 0 fully saturated rings. The van der Waals surface area contributed by atoms with E-state index in [1.54, 1.807) is 0 Å². The van der Waals surface area contributed by atoms with E-state index in [1.807, 2.05) is 18.2 Å². The Balaban J connectivity index is 2.14. The number of alkyl halides is 1. The van der Waals surface area contributed by atoms with Crippen molar-refractivity contribution in [1.82, 2.24) is 0 Å². The van der Waals surface area contributed by atoms with E-state index in [4.69, 9.17) is 21.1 Å². The molecule has 0 saturated heterocycles. The number of benzene rings is 1. The molecule has 1 aromatic carbocycles. The largest absolute Gasteiger partial charge is 0.490 e. The predicted octanol–water partition coefficient (Wildman–Crippen LogP) is 3.49. The minimum absolute atomic E-state index is 0.654. The van der Waals surface area contributed by atoms with Gasteiger partial charge in [0.05, 0.1) is 13.2 Å². The van der Waals surface area contributed by atoms with Crippen molar-refractivity contribution in [2.45, 2.75) is 12.8 Å². The molecule has 1 aliphatic rings. The Hall–Kier alpha value is -1.15. The maximum atomic E-state index is 5.61. The highest BCUT2D eigenvalue weighted by Gasteiger charge is 2.09. The SMILES string of the molecule is ClCC/C=C/c1ccc2c(c1)OCCCO2. The van der Waals surface area contributed by atoms with E-state index < -0.39 is 0 Å². The lowest BCUT2D eigenvalue weighted by molar-refractivity contribution is 0.297. The van der Waals surface area contributed by atoms with Crippen LogP contribution in [0.2, 0.25) is 0 Å². The highest BCUT2D eigenvalue weighted by Crippen LogP contribution is 2.30. The number of halogens is 1. The molecular formula is C13H15ClO2. The molecule has 1 aliphatic heterocycles. The van der Waals surface area contributed by atoms with Gasteiger partial charge in [0.15, 0.2) is 11.5 Å². The van der Waals surface area contributed by atoms with Crippen molar-refractivity contribution in [3.05, 3.63) is 29.8 Å². The van der Waals surface area contributed by atoms with Crippen LogP contribution in [0.5, 0.6) is 11.5 Å². The van der Waals surface area contributed by atoms with E-state index in [9.17, 15) is 0 Å². The maximum Gasteiger partial charge on any atom is 0.161 e. The van der Waals surface area contributed by atoms with Gasteiger partial charge in [0.1, 0.15) is 0 Å². The fourth-order valence-electron chi connectivity index (χ4n) is 1.57. The Labute approximate surface area is 101 Å². The normalized spacial score (nSPS) is 15.1. The zero-order valence-corrected chi connectivity index (χ0v) is 9.87. The summed E-state index contributed by atoms with van der Waals surface area (Å²) in [6.45, 7) is 1.45. The molecule has 16 heavy (non-hydrogen) atoms. The number of rotatable bonds is 3. The molecule has 0 bridgehead atoms. The molecule has 0 unspecified atom stereocenters. The molecule has 0 saturated carbocycles. The summed E-state index contributed by atoms with van der Waals surface area (Å²) in [6.07, 6.45) is 5.94. The van der Waals surface area contributed by atoms with Crippen LogP contribution in [0, 0.1) is 0 Å². The average Bonchev–Trinajstić information content (AvgIpc) is 2.54. The molecule has 0 atom stereocenters. The molecule has 0 N–H and O–H groups in total. The third kappa shape index (κ3) is 2.92. The Morgan fingerprint density at radius 3 is 2.81 bits per heavy atom. The lowest BCUT2D eigenvalue weighted by Crippen LogP contribution is -1.97. The maximum absolute atomic E-state index is 5.61. The predicted molar refractivity (Wildman–Crippen MR) is 66.4 cm³/mol. The van der Waals surface area contributed by atoms with Crippen LogP contribution in [0.1, 0.15) is 18.4 Å². The second-order valence-electron chi connectivity index (χ2n) is 3.64. The van der Waals surface area contributed by atoms with Gasteiger partial charge in [0.2, 0.25) is 0 Å². The second kappa shape index (κ2) is 5.80. The van der Waals surface area contributed by atoms with Crippen LogP contribution >= 0.6 is 11.6 Å². The second-order valence-corrected chi connectivity index (χ2v) is 4.01. The van der Waals surface area contributed by atoms with Gasteiger partial charge in [-0.2, -0.15) is 0 Å². The first-order valence-corrected chi connectivity index (χ1v) is 6.06. The molecule has 86 valence electrons. The van der Waals surface area contributed by atoms with E-state index in [1.165, 1.54) is 0 Å². The van der Waals surface area contributed by atoms with Crippen molar-refractivity contribution in [2.75, 3.05) is 19.1 Å². The number of allylic oxidation sites excluding steroid dienone is 1. The van der Waals surface area contributed by atoms with Gasteiger partial charge in [-0.25, -0.2) is 0 Å². The summed E-state index contributed by atoms with van der Waals surface area (Å²) in [5, 5.41) is 0. The molecule has 1 aromatic rings. The third-order valence-corrected chi connectivity index (χ3v) is 2.58. The molecular weight excluding hydrogens is 224 g/mol. The monoisotopic (exact) mass is 238 g/mol. The summed E-state index contributed by atoms with van der Waals surface area (Å²) in [7, 11) is 0. The van der Waals surface area contributed by atoms with Gasteiger partial charge in [-0.3, -0.25) is 0 Å². The molecule has 0 aliphatic carbocycles. The van der Waals surface area contributed by atoms with Gasteiger partial charge in [-0.05, 0) is 24.1 Å². The third-order valence-electron chi connectivity index (χ3n) is 2.36. The van der Waals surface area contributed by atoms with E-state index in [0.29, 0.717) is 5.88 Å². The first-order chi connectivity index (χ1) is 7.90. The fraction of sp³-hybridized carbons (Fsp3) is 0.385. The summed E-state index contributed by atoms with van der Waals surface area (Å²) in [4.78, 5) is 0. The zero-order valence-electron chi connectivity index (χ0n) is 9.12. The van der Waals surface area contributed by atoms with Crippen molar-refractivity contribution in [2.24, 2.45) is 0 Å². The molecule has 2 nitrogen and oxygen atoms in total. The van der Waals surface area contributed by atoms with Crippen molar-refractivity contribution >= 4 is 17.7 Å². The van der Waals surface area contributed by atoms with Crippen molar-refractivity contribution < 1.29 is 9.47 Å². The van der Waals surface area contributed by atoms with Gasteiger partial charge in [-0.15, -0.1) is 11.6 Å². The quantitative estimate of drug-likeness (QED) is 0.751. The van der Waals surface area contributed by atoms with E-state index in [2.05, 4.69) is 12.2 Å². The fourth-order valence-corrected chi connectivity index (χ4v) is 1.69. The smallest absolute Gasteiger partial charge is 0.161 e. The number of hydrogen-bond acceptors (Lipinski definition) is 2. The molecule has 0 spiro atoms. The van der Waals surface area contributed by atoms with Gasteiger partial charge < -0.3 is 9.47 Å². The summed E-state index contributed by atoms with van der Waals surface area (Å²) in [5.41, 5.74) is 1.12. The Morgan fingerprint density at radius 1 is 1.19 bits per heavy atom. The van der Waals surface area contributed by atoms with Crippen LogP contribution in [0.3, 0.4) is 0 Å². The van der Waals surface area contributed by atoms with Crippen LogP contribution < -0.4 is 9.47 Å². The number of fused-ring (bicyclic) bond motifs is 1. The van der Waals surface area contributed by atoms with Gasteiger partial charge in [0.25, 0.3) is 0 Å². The zero-order chi connectivity index (χ0) is 11.2. The highest BCUT2D eigenvalue weighted by atomic mass is 35.5. The minimum atomic E-state index is 0.654. The summed E-state index contributed by atoms with van der Waals surface area (Å²) in [5.74, 6) is 2.33. The molecule has 1 heterocycles. The van der Waals surface area contributed by atoms with E-state index >= 15 is 0 Å². The Bertz CT molecular complexity index is 374. The molecule has 2 rings (SSSR count). The standard InChI is InChI=1S/C13H15ClO2/c14-7-2-1-4-11-5-6-12-13(10-11)16-9-3-8-15-12/h1,4-6,10H,2-3,7-9H2/b4-1+. The van der Waals surface area contributed by atoms with Gasteiger partial charge in [0, 0.05) is 12.3 Å². The van der Waals surface area contributed by atoms with Crippen LogP contribution in [-0.4, -0.2) is 19.1 Å². The summed E-state index contributed by atoms with van der Waals surface area (Å²) in [6, 6.07) is 5.99. The van der Waals surface area contributed by atoms with Crippen LogP contribution in [-0.2, 0) is 0 Å². The van der Waals surface area contributed by atoms with Crippen molar-refractivity contribution in [3.63, 3.8) is 0 Å². The van der Waals surface area contributed by atoms with E-state index in [-0.39, 0.29) is 0 Å². The average molecular weight is 239 g/mol. The van der Waals surface area contributed by atoms with E-state index in [0.717, 1.165) is 43.1 Å². The lowest BCUT2D eigenvalue weighted by Gasteiger charge is -2.07. The Morgan fingerprint density at radius 2 is 2.00 bits per heavy atom. The van der Waals surface area contributed by atoms with Gasteiger partial charge >= 0.3 is 0 Å². The Kier molecular flexibility index (Phi) is 4.11. The molecule has 3 heteroatoms. The highest BCUT2D eigenvalue weighted by molar-refractivity contribution is 6.17. The first-order valence-electron chi connectivity index (χ1n) is 5.52. The molecule has 0 aromatic heterocycles. The lowest BCUT2D eigenvalue weighted by atomic mass is 10.2. The van der Waals surface area contributed by atoms with Crippen molar-refractivity contribution in [1.29, 1.82) is 0 Å². The number of hydrogen-bond donors (Lipinski definition) is 0. The van der Waals surface area contributed by atoms with Crippen LogP contribution in [0.25, 0.3) is 6.08 Å². The number of ether oxygens (including phenoxy) is 2. The van der Waals surface area contributed by atoms with Crippen LogP contribution in [0.15, 0.2) is 24.3 Å². The van der Waals surface area contributed by atoms with Gasteiger partial charge in [-0.1, -0.05) is 18.2 Å². The summed E-state index contributed by atoms with van der Waals surface area (Å²) < 4.78 is 11.2. The summed E-state index contributed by atoms with van der Waals surface area (Å²) >= 11 is 5.61. The molecule has 0 amide bonds. The van der Waals surface area contributed by atoms with Crippen molar-refractivity contribution in [3.8, 4) is 11.5 Å². The molecule has 0 radical (unpaired) electrons. The minimum Gasteiger partial charge on any atom is -0.490 e.